The summed E-state index contributed by atoms with van der Waals surface area (Å²) >= 11 is 7.01. The van der Waals surface area contributed by atoms with Crippen LogP contribution in [0.25, 0.3) is 0 Å². The Balaban J connectivity index is 2.14. The van der Waals surface area contributed by atoms with E-state index >= 15 is 0 Å². The molecule has 2 aromatic rings. The summed E-state index contributed by atoms with van der Waals surface area (Å²) in [6.45, 7) is 3.43. The Bertz CT molecular complexity index is 888. The van der Waals surface area contributed by atoms with E-state index in [0.29, 0.717) is 41.7 Å². The van der Waals surface area contributed by atoms with Crippen molar-refractivity contribution < 1.29 is 14.2 Å². The molecule has 0 amide bonds. The first-order chi connectivity index (χ1) is 13.0. The van der Waals surface area contributed by atoms with Crippen molar-refractivity contribution in [1.29, 1.82) is 0 Å². The number of anilines is 2. The molecule has 27 heavy (non-hydrogen) atoms. The third kappa shape index (κ3) is 4.00. The normalized spacial score (nSPS) is 14.5. The molecule has 146 valence electrons. The van der Waals surface area contributed by atoms with Crippen LogP contribution in [0.2, 0.25) is 0 Å². The van der Waals surface area contributed by atoms with Gasteiger partial charge in [0.05, 0.1) is 32.0 Å². The van der Waals surface area contributed by atoms with E-state index in [1.54, 1.807) is 25.0 Å². The Morgan fingerprint density at radius 2 is 2.11 bits per heavy atom. The van der Waals surface area contributed by atoms with Crippen LogP contribution in [0.3, 0.4) is 0 Å². The smallest absolute Gasteiger partial charge is 0.294 e. The topological polar surface area (TPSA) is 65.8 Å². The lowest BCUT2D eigenvalue weighted by atomic mass is 10.2. The Morgan fingerprint density at radius 3 is 2.78 bits per heavy atom. The number of halogens is 2. The predicted octanol–water partition coefficient (Wildman–Crippen LogP) is 3.90. The maximum atomic E-state index is 13.2. The molecule has 0 bridgehead atoms. The number of fused-ring (bicyclic) bond motifs is 1. The number of benzene rings is 1. The summed E-state index contributed by atoms with van der Waals surface area (Å²) in [6.07, 6.45) is 2.48. The Kier molecular flexibility index (Phi) is 6.44. The number of hydrogen-bond acceptors (Lipinski definition) is 6. The fourth-order valence-corrected chi connectivity index (χ4v) is 4.14. The van der Waals surface area contributed by atoms with Gasteiger partial charge in [-0.05, 0) is 44.3 Å². The number of aromatic nitrogens is 2. The van der Waals surface area contributed by atoms with Crippen LogP contribution in [0.5, 0.6) is 11.5 Å². The van der Waals surface area contributed by atoms with E-state index in [2.05, 4.69) is 36.8 Å². The predicted molar refractivity (Wildman–Crippen MR) is 111 cm³/mol. The molecule has 0 radical (unpaired) electrons. The molecule has 1 aromatic heterocycles. The Labute approximate surface area is 174 Å². The van der Waals surface area contributed by atoms with Gasteiger partial charge in [-0.1, -0.05) is 6.92 Å². The molecule has 0 spiro atoms. The second kappa shape index (κ2) is 8.62. The van der Waals surface area contributed by atoms with Crippen LogP contribution >= 0.6 is 31.9 Å². The molecular formula is C18H21Br2N3O4. The van der Waals surface area contributed by atoms with Gasteiger partial charge < -0.3 is 23.7 Å². The summed E-state index contributed by atoms with van der Waals surface area (Å²) in [7, 11) is 3.23. The van der Waals surface area contributed by atoms with Gasteiger partial charge in [0, 0.05) is 23.8 Å². The Morgan fingerprint density at radius 1 is 1.33 bits per heavy atom. The first kappa shape index (κ1) is 20.2. The zero-order valence-electron chi connectivity index (χ0n) is 15.4. The van der Waals surface area contributed by atoms with Gasteiger partial charge in [0.2, 0.25) is 5.82 Å². The largest absolute Gasteiger partial charge is 0.497 e. The van der Waals surface area contributed by atoms with Crippen LogP contribution in [0, 0.1) is 0 Å². The van der Waals surface area contributed by atoms with Crippen LogP contribution in [0.4, 0.5) is 11.5 Å². The third-order valence-electron chi connectivity index (χ3n) is 4.44. The van der Waals surface area contributed by atoms with Crippen molar-refractivity contribution in [2.75, 3.05) is 38.9 Å². The fourth-order valence-electron chi connectivity index (χ4n) is 3.11. The highest BCUT2D eigenvalue weighted by atomic mass is 79.9. The molecule has 1 aromatic carbocycles. The highest BCUT2D eigenvalue weighted by Gasteiger charge is 2.28. The molecule has 2 heterocycles. The maximum Gasteiger partial charge on any atom is 0.294 e. The van der Waals surface area contributed by atoms with Gasteiger partial charge in [-0.25, -0.2) is 4.98 Å². The molecule has 1 aliphatic heterocycles. The van der Waals surface area contributed by atoms with Crippen molar-refractivity contribution in [3.63, 3.8) is 0 Å². The summed E-state index contributed by atoms with van der Waals surface area (Å²) < 4.78 is 19.4. The van der Waals surface area contributed by atoms with Gasteiger partial charge in [-0.2, -0.15) is 0 Å². The highest BCUT2D eigenvalue weighted by Crippen LogP contribution is 2.43. The van der Waals surface area contributed by atoms with Gasteiger partial charge in [0.25, 0.3) is 5.56 Å². The number of ether oxygens (including phenoxy) is 3. The molecule has 0 saturated carbocycles. The molecular weight excluding hydrogens is 482 g/mol. The summed E-state index contributed by atoms with van der Waals surface area (Å²) in [6, 6.07) is 3.58. The van der Waals surface area contributed by atoms with Gasteiger partial charge in [0.15, 0.2) is 0 Å². The van der Waals surface area contributed by atoms with Crippen molar-refractivity contribution in [3.05, 3.63) is 37.8 Å². The van der Waals surface area contributed by atoms with Crippen molar-refractivity contribution in [3.8, 4) is 11.5 Å². The minimum Gasteiger partial charge on any atom is -0.497 e. The van der Waals surface area contributed by atoms with E-state index in [9.17, 15) is 4.79 Å². The molecule has 1 aliphatic rings. The molecule has 9 heteroatoms. The van der Waals surface area contributed by atoms with Crippen molar-refractivity contribution in [2.24, 2.45) is 0 Å². The number of rotatable bonds is 6. The maximum absolute atomic E-state index is 13.2. The molecule has 1 unspecified atom stereocenters. The van der Waals surface area contributed by atoms with E-state index in [1.807, 2.05) is 24.0 Å². The number of methoxy groups -OCH3 is 2. The Hall–Kier alpha value is -1.58. The van der Waals surface area contributed by atoms with Crippen molar-refractivity contribution in [2.45, 2.75) is 19.4 Å². The van der Waals surface area contributed by atoms with Crippen LogP contribution in [-0.4, -0.2) is 43.5 Å². The second-order valence-corrected chi connectivity index (χ2v) is 7.74. The minimum absolute atomic E-state index is 0.0691. The fraction of sp³-hybridized carbons (Fsp3) is 0.444. The van der Waals surface area contributed by atoms with E-state index < -0.39 is 0 Å². The van der Waals surface area contributed by atoms with Gasteiger partial charge in [-0.3, -0.25) is 4.79 Å². The molecule has 0 aliphatic carbocycles. The van der Waals surface area contributed by atoms with Gasteiger partial charge in [0.1, 0.15) is 22.7 Å². The van der Waals surface area contributed by atoms with E-state index in [0.717, 1.165) is 16.6 Å². The second-order valence-electron chi connectivity index (χ2n) is 6.07. The average Bonchev–Trinajstić information content (AvgIpc) is 2.67. The molecule has 0 N–H and O–H groups in total. The lowest BCUT2D eigenvalue weighted by Crippen LogP contribution is -2.37. The summed E-state index contributed by atoms with van der Waals surface area (Å²) in [5, 5.41) is 0. The lowest BCUT2D eigenvalue weighted by molar-refractivity contribution is 0.151. The van der Waals surface area contributed by atoms with Crippen molar-refractivity contribution >= 4 is 43.4 Å². The molecule has 0 saturated heterocycles. The zero-order chi connectivity index (χ0) is 19.6. The lowest BCUT2D eigenvalue weighted by Gasteiger charge is -2.32. The first-order valence-corrected chi connectivity index (χ1v) is 10.1. The van der Waals surface area contributed by atoms with Gasteiger partial charge in [-0.15, -0.1) is 0 Å². The summed E-state index contributed by atoms with van der Waals surface area (Å²) in [5.74, 6) is 1.66. The summed E-state index contributed by atoms with van der Waals surface area (Å²) in [4.78, 5) is 19.6. The molecule has 1 atom stereocenters. The number of nitrogens with zero attached hydrogens (tertiary/aromatic N) is 3. The van der Waals surface area contributed by atoms with Crippen LogP contribution in [0.1, 0.15) is 19.4 Å². The standard InChI is InChI=1S/C18H21Br2N3O4/c1-4-11(10-25-2)23-9-15(20)21-17(18(23)24)22-5-6-27-14-8-12(26-3)7-13(19)16(14)22/h7-9,11H,4-6,10H2,1-3H3. The SMILES string of the molecule is CCC(COC)n1cc(Br)nc(N2CCOc3cc(OC)cc(Br)c32)c1=O. The van der Waals surface area contributed by atoms with E-state index in [-0.39, 0.29) is 11.6 Å². The van der Waals surface area contributed by atoms with Gasteiger partial charge >= 0.3 is 0 Å². The number of hydrogen-bond donors (Lipinski definition) is 0. The highest BCUT2D eigenvalue weighted by molar-refractivity contribution is 9.10. The quantitative estimate of drug-likeness (QED) is 0.596. The average molecular weight is 503 g/mol. The van der Waals surface area contributed by atoms with Crippen LogP contribution < -0.4 is 19.9 Å². The first-order valence-electron chi connectivity index (χ1n) is 8.55. The molecule has 0 fully saturated rings. The van der Waals surface area contributed by atoms with Crippen LogP contribution in [0.15, 0.2) is 32.2 Å². The minimum atomic E-state index is -0.169. The van der Waals surface area contributed by atoms with E-state index in [1.165, 1.54) is 0 Å². The van der Waals surface area contributed by atoms with E-state index in [4.69, 9.17) is 14.2 Å². The third-order valence-corrected chi connectivity index (χ3v) is 5.43. The zero-order valence-corrected chi connectivity index (χ0v) is 18.5. The molecule has 3 rings (SSSR count). The summed E-state index contributed by atoms with van der Waals surface area (Å²) in [5.41, 5.74) is 0.591. The van der Waals surface area contributed by atoms with Crippen molar-refractivity contribution in [1.82, 2.24) is 9.55 Å². The molecule has 7 nitrogen and oxygen atoms in total. The monoisotopic (exact) mass is 501 g/mol. The van der Waals surface area contributed by atoms with Crippen LogP contribution in [-0.2, 0) is 4.74 Å².